The van der Waals surface area contributed by atoms with Crippen LogP contribution in [0.25, 0.3) is 0 Å². The molecule has 0 saturated carbocycles. The van der Waals surface area contributed by atoms with Crippen molar-refractivity contribution >= 4 is 11.4 Å². The largest absolute Gasteiger partial charge is 0.394 e. The summed E-state index contributed by atoms with van der Waals surface area (Å²) in [5, 5.41) is 42.1. The molecule has 1 aromatic rings. The predicted octanol–water partition coefficient (Wildman–Crippen LogP) is -0.246. The zero-order valence-corrected chi connectivity index (χ0v) is 10.8. The summed E-state index contributed by atoms with van der Waals surface area (Å²) in [5.74, 6) is 0. The highest BCUT2D eigenvalue weighted by molar-refractivity contribution is 5.63. The Kier molecular flexibility index (Phi) is 4.19. The second-order valence-electron chi connectivity index (χ2n) is 4.68. The molecule has 0 aliphatic carbocycles. The summed E-state index contributed by atoms with van der Waals surface area (Å²) in [7, 11) is 0. The van der Waals surface area contributed by atoms with Crippen molar-refractivity contribution in [1.29, 1.82) is 0 Å². The maximum absolute atomic E-state index is 11.0. The van der Waals surface area contributed by atoms with Crippen molar-refractivity contribution in [3.63, 3.8) is 0 Å². The molecule has 0 radical (unpaired) electrons. The SMILES string of the molecule is Cc1ccc(N[C@@H]2O[C@H](CO)[C@@H](O)[C@H]2O)c([N+](=O)[O-])c1. The Morgan fingerprint density at radius 2 is 2.10 bits per heavy atom. The summed E-state index contributed by atoms with van der Waals surface area (Å²) in [6.45, 7) is 1.27. The third-order valence-electron chi connectivity index (χ3n) is 3.19. The van der Waals surface area contributed by atoms with Crippen molar-refractivity contribution in [2.24, 2.45) is 0 Å². The van der Waals surface area contributed by atoms with Crippen LogP contribution in [0.1, 0.15) is 5.56 Å². The lowest BCUT2D eigenvalue weighted by Gasteiger charge is -2.17. The highest BCUT2D eigenvalue weighted by Crippen LogP contribution is 2.29. The minimum Gasteiger partial charge on any atom is -0.394 e. The molecule has 4 atom stereocenters. The third-order valence-corrected chi connectivity index (χ3v) is 3.19. The van der Waals surface area contributed by atoms with Gasteiger partial charge in [0.05, 0.1) is 11.5 Å². The Labute approximate surface area is 114 Å². The maximum atomic E-state index is 11.0. The van der Waals surface area contributed by atoms with Crippen LogP contribution in [-0.4, -0.2) is 51.4 Å². The van der Waals surface area contributed by atoms with Gasteiger partial charge in [0.15, 0.2) is 6.23 Å². The van der Waals surface area contributed by atoms with Crippen LogP contribution < -0.4 is 5.32 Å². The Balaban J connectivity index is 2.21. The van der Waals surface area contributed by atoms with Gasteiger partial charge in [0.1, 0.15) is 24.0 Å². The quantitative estimate of drug-likeness (QED) is 0.444. The Morgan fingerprint density at radius 1 is 1.40 bits per heavy atom. The van der Waals surface area contributed by atoms with E-state index in [4.69, 9.17) is 9.84 Å². The molecule has 4 N–H and O–H groups in total. The molecule has 1 aromatic carbocycles. The number of hydrogen-bond acceptors (Lipinski definition) is 7. The van der Waals surface area contributed by atoms with Gasteiger partial charge in [-0.25, -0.2) is 0 Å². The number of hydrogen-bond donors (Lipinski definition) is 4. The molecule has 1 saturated heterocycles. The summed E-state index contributed by atoms with van der Waals surface area (Å²) >= 11 is 0. The van der Waals surface area contributed by atoms with Crippen molar-refractivity contribution in [2.45, 2.75) is 31.5 Å². The standard InChI is InChI=1S/C12H16N2O6/c1-6-2-3-7(8(4-6)14(18)19)13-12-11(17)10(16)9(5-15)20-12/h2-4,9-13,15-17H,5H2,1H3/t9-,10-,11-,12-/m1/s1. The number of nitrogens with zero attached hydrogens (tertiary/aromatic N) is 1. The van der Waals surface area contributed by atoms with Gasteiger partial charge in [0.2, 0.25) is 0 Å². The Morgan fingerprint density at radius 3 is 2.65 bits per heavy atom. The molecule has 0 spiro atoms. The van der Waals surface area contributed by atoms with Crippen LogP contribution in [-0.2, 0) is 4.74 Å². The van der Waals surface area contributed by atoms with Crippen LogP contribution in [0.4, 0.5) is 11.4 Å². The number of aliphatic hydroxyl groups excluding tert-OH is 3. The summed E-state index contributed by atoms with van der Waals surface area (Å²) in [6, 6.07) is 4.57. The number of aryl methyl sites for hydroxylation is 1. The molecule has 2 rings (SSSR count). The Bertz CT molecular complexity index is 509. The third kappa shape index (κ3) is 2.73. The topological polar surface area (TPSA) is 125 Å². The van der Waals surface area contributed by atoms with Crippen molar-refractivity contribution in [1.82, 2.24) is 0 Å². The van der Waals surface area contributed by atoms with Crippen LogP contribution in [0.5, 0.6) is 0 Å². The fraction of sp³-hybridized carbons (Fsp3) is 0.500. The van der Waals surface area contributed by atoms with Gasteiger partial charge in [-0.3, -0.25) is 10.1 Å². The van der Waals surface area contributed by atoms with Crippen LogP contribution in [0, 0.1) is 17.0 Å². The van der Waals surface area contributed by atoms with Crippen molar-refractivity contribution < 1.29 is 25.0 Å². The number of anilines is 1. The number of nitro groups is 1. The smallest absolute Gasteiger partial charge is 0.292 e. The minimum atomic E-state index is -1.28. The molecule has 1 fully saturated rings. The lowest BCUT2D eigenvalue weighted by molar-refractivity contribution is -0.384. The zero-order chi connectivity index (χ0) is 14.9. The first kappa shape index (κ1) is 14.7. The van der Waals surface area contributed by atoms with Crippen LogP contribution >= 0.6 is 0 Å². The molecule has 1 aliphatic heterocycles. The highest BCUT2D eigenvalue weighted by atomic mass is 16.6. The van der Waals surface area contributed by atoms with E-state index < -0.39 is 36.1 Å². The summed E-state index contributed by atoms with van der Waals surface area (Å²) in [4.78, 5) is 10.4. The van der Waals surface area contributed by atoms with Crippen LogP contribution in [0.15, 0.2) is 18.2 Å². The number of aliphatic hydroxyl groups is 3. The van der Waals surface area contributed by atoms with Crippen molar-refractivity contribution in [3.8, 4) is 0 Å². The van der Waals surface area contributed by atoms with Gasteiger partial charge in [-0.1, -0.05) is 6.07 Å². The van der Waals surface area contributed by atoms with E-state index in [0.29, 0.717) is 0 Å². The van der Waals surface area contributed by atoms with E-state index in [1.165, 1.54) is 12.1 Å². The molecule has 20 heavy (non-hydrogen) atoms. The van der Waals surface area contributed by atoms with E-state index in [2.05, 4.69) is 5.32 Å². The maximum Gasteiger partial charge on any atom is 0.292 e. The van der Waals surface area contributed by atoms with Crippen molar-refractivity contribution in [3.05, 3.63) is 33.9 Å². The van der Waals surface area contributed by atoms with E-state index in [9.17, 15) is 20.3 Å². The summed E-state index contributed by atoms with van der Waals surface area (Å²) in [5.41, 5.74) is 0.751. The molecule has 110 valence electrons. The zero-order valence-electron chi connectivity index (χ0n) is 10.8. The average Bonchev–Trinajstić information content (AvgIpc) is 2.68. The van der Waals surface area contributed by atoms with Gasteiger partial charge in [0.25, 0.3) is 5.69 Å². The van der Waals surface area contributed by atoms with E-state index in [-0.39, 0.29) is 11.4 Å². The number of rotatable bonds is 4. The van der Waals surface area contributed by atoms with Gasteiger partial charge in [-0.2, -0.15) is 0 Å². The monoisotopic (exact) mass is 284 g/mol. The van der Waals surface area contributed by atoms with Gasteiger partial charge in [0, 0.05) is 6.07 Å². The van der Waals surface area contributed by atoms with E-state index >= 15 is 0 Å². The highest BCUT2D eigenvalue weighted by Gasteiger charge is 2.42. The first-order chi connectivity index (χ1) is 9.43. The van der Waals surface area contributed by atoms with E-state index in [1.54, 1.807) is 13.0 Å². The first-order valence-electron chi connectivity index (χ1n) is 6.08. The molecular weight excluding hydrogens is 268 g/mol. The lowest BCUT2D eigenvalue weighted by Crippen LogP contribution is -2.36. The molecule has 1 heterocycles. The molecule has 0 amide bonds. The predicted molar refractivity (Wildman–Crippen MR) is 69.2 cm³/mol. The van der Waals surface area contributed by atoms with E-state index in [0.717, 1.165) is 5.56 Å². The molecule has 0 unspecified atom stereocenters. The van der Waals surface area contributed by atoms with Crippen LogP contribution in [0.3, 0.4) is 0 Å². The second-order valence-corrected chi connectivity index (χ2v) is 4.68. The first-order valence-corrected chi connectivity index (χ1v) is 6.08. The number of nitrogens with one attached hydrogen (secondary N) is 1. The minimum absolute atomic E-state index is 0.150. The van der Waals surface area contributed by atoms with Gasteiger partial charge < -0.3 is 25.4 Å². The lowest BCUT2D eigenvalue weighted by atomic mass is 10.1. The molecular formula is C12H16N2O6. The molecule has 0 bridgehead atoms. The van der Waals surface area contributed by atoms with Gasteiger partial charge in [-0.05, 0) is 18.6 Å². The van der Waals surface area contributed by atoms with Crippen molar-refractivity contribution in [2.75, 3.05) is 11.9 Å². The molecule has 0 aromatic heterocycles. The number of ether oxygens (including phenoxy) is 1. The molecule has 8 nitrogen and oxygen atoms in total. The fourth-order valence-corrected chi connectivity index (χ4v) is 2.09. The van der Waals surface area contributed by atoms with Gasteiger partial charge in [-0.15, -0.1) is 0 Å². The number of benzene rings is 1. The molecule has 8 heteroatoms. The average molecular weight is 284 g/mol. The van der Waals surface area contributed by atoms with Gasteiger partial charge >= 0.3 is 0 Å². The second kappa shape index (κ2) is 5.71. The fourth-order valence-electron chi connectivity index (χ4n) is 2.09. The van der Waals surface area contributed by atoms with E-state index in [1.807, 2.05) is 0 Å². The Hall–Kier alpha value is -1.74. The van der Waals surface area contributed by atoms with Crippen LogP contribution in [0.2, 0.25) is 0 Å². The molecule has 1 aliphatic rings. The summed E-state index contributed by atoms with van der Waals surface area (Å²) in [6.07, 6.45) is -4.48. The normalized spacial score (nSPS) is 29.4. The summed E-state index contributed by atoms with van der Waals surface area (Å²) < 4.78 is 5.22. The number of nitro benzene ring substituents is 1.